The van der Waals surface area contributed by atoms with E-state index in [4.69, 9.17) is 10.00 Å². The second kappa shape index (κ2) is 7.71. The number of halogens is 1. The molecule has 2 rings (SSSR count). The Morgan fingerprint density at radius 1 is 1.39 bits per heavy atom. The van der Waals surface area contributed by atoms with Crippen LogP contribution in [0.25, 0.3) is 0 Å². The molecule has 1 N–H and O–H groups in total. The van der Waals surface area contributed by atoms with Crippen LogP contribution < -0.4 is 10.2 Å². The quantitative estimate of drug-likeness (QED) is 0.681. The fraction of sp³-hybridized carbons (Fsp3) is 0.118. The Bertz CT molecular complexity index is 782. The molecule has 0 aromatic heterocycles. The van der Waals surface area contributed by atoms with Crippen molar-refractivity contribution >= 4 is 12.1 Å². The molecule has 0 saturated carbocycles. The van der Waals surface area contributed by atoms with E-state index in [1.807, 2.05) is 19.1 Å². The van der Waals surface area contributed by atoms with Gasteiger partial charge in [-0.05, 0) is 37.3 Å². The summed E-state index contributed by atoms with van der Waals surface area (Å²) in [6.07, 6.45) is 1.42. The predicted octanol–water partition coefficient (Wildman–Crippen LogP) is 2.86. The number of amides is 1. The van der Waals surface area contributed by atoms with Crippen LogP contribution >= 0.6 is 0 Å². The van der Waals surface area contributed by atoms with Crippen LogP contribution in [0.3, 0.4) is 0 Å². The van der Waals surface area contributed by atoms with E-state index in [-0.39, 0.29) is 11.1 Å². The van der Waals surface area contributed by atoms with Crippen molar-refractivity contribution in [3.05, 3.63) is 65.0 Å². The molecule has 0 aliphatic heterocycles. The number of carbonyl (C=O) groups excluding carboxylic acids is 1. The van der Waals surface area contributed by atoms with E-state index in [1.54, 1.807) is 18.2 Å². The highest BCUT2D eigenvalue weighted by Gasteiger charge is 2.11. The number of benzene rings is 2. The highest BCUT2D eigenvalue weighted by Crippen LogP contribution is 2.15. The lowest BCUT2D eigenvalue weighted by molar-refractivity contribution is 0.0951. The third-order valence-corrected chi connectivity index (χ3v) is 2.93. The zero-order valence-electron chi connectivity index (χ0n) is 12.4. The molecule has 0 saturated heterocycles. The van der Waals surface area contributed by atoms with Gasteiger partial charge >= 0.3 is 0 Å². The van der Waals surface area contributed by atoms with E-state index in [1.165, 1.54) is 18.3 Å². The molecule has 0 heterocycles. The van der Waals surface area contributed by atoms with Gasteiger partial charge in [0.05, 0.1) is 30.0 Å². The minimum atomic E-state index is -0.772. The zero-order valence-corrected chi connectivity index (χ0v) is 12.4. The second-order valence-electron chi connectivity index (χ2n) is 4.48. The van der Waals surface area contributed by atoms with Gasteiger partial charge < -0.3 is 4.74 Å². The number of hydrogen-bond donors (Lipinski definition) is 1. The summed E-state index contributed by atoms with van der Waals surface area (Å²) < 4.78 is 19.1. The van der Waals surface area contributed by atoms with Crippen molar-refractivity contribution in [3.63, 3.8) is 0 Å². The van der Waals surface area contributed by atoms with E-state index in [0.717, 1.165) is 6.07 Å². The molecule has 0 radical (unpaired) electrons. The Hall–Kier alpha value is -3.20. The first-order valence-corrected chi connectivity index (χ1v) is 6.90. The maximum absolute atomic E-state index is 13.7. The molecule has 2 aromatic rings. The van der Waals surface area contributed by atoms with Crippen LogP contribution in [0.2, 0.25) is 0 Å². The molecule has 0 bridgehead atoms. The number of hydrazone groups is 1. The molecule has 116 valence electrons. The molecule has 1 amide bonds. The molecule has 0 aliphatic rings. The third kappa shape index (κ3) is 4.14. The van der Waals surface area contributed by atoms with Crippen molar-refractivity contribution in [1.82, 2.24) is 5.43 Å². The largest absolute Gasteiger partial charge is 0.493 e. The van der Waals surface area contributed by atoms with Crippen molar-refractivity contribution in [3.8, 4) is 11.8 Å². The van der Waals surface area contributed by atoms with E-state index in [9.17, 15) is 9.18 Å². The SMILES string of the molecule is CCOc1ccccc1/C=N\NC(=O)c1ccc(C#N)cc1F. The molecule has 0 spiro atoms. The molecule has 2 aromatic carbocycles. The molecule has 0 aliphatic carbocycles. The molecule has 5 nitrogen and oxygen atoms in total. The van der Waals surface area contributed by atoms with Crippen LogP contribution in [0.5, 0.6) is 5.75 Å². The van der Waals surface area contributed by atoms with E-state index >= 15 is 0 Å². The molecule has 0 fully saturated rings. The highest BCUT2D eigenvalue weighted by atomic mass is 19.1. The van der Waals surface area contributed by atoms with E-state index in [2.05, 4.69) is 10.5 Å². The number of hydrogen-bond acceptors (Lipinski definition) is 4. The van der Waals surface area contributed by atoms with E-state index < -0.39 is 11.7 Å². The van der Waals surface area contributed by atoms with Crippen LogP contribution in [0.4, 0.5) is 4.39 Å². The summed E-state index contributed by atoms with van der Waals surface area (Å²) in [5, 5.41) is 12.5. The van der Waals surface area contributed by atoms with Gasteiger partial charge in [0, 0.05) is 5.56 Å². The van der Waals surface area contributed by atoms with Gasteiger partial charge in [0.2, 0.25) is 0 Å². The summed E-state index contributed by atoms with van der Waals surface area (Å²) in [5.41, 5.74) is 2.90. The van der Waals surface area contributed by atoms with Crippen molar-refractivity contribution in [2.45, 2.75) is 6.92 Å². The van der Waals surface area contributed by atoms with Gasteiger partial charge in [-0.3, -0.25) is 4.79 Å². The Morgan fingerprint density at radius 3 is 2.87 bits per heavy atom. The summed E-state index contributed by atoms with van der Waals surface area (Å²) >= 11 is 0. The molecule has 0 atom stereocenters. The van der Waals surface area contributed by atoms with E-state index in [0.29, 0.717) is 17.9 Å². The number of para-hydroxylation sites is 1. The fourth-order valence-electron chi connectivity index (χ4n) is 1.86. The summed E-state index contributed by atoms with van der Waals surface area (Å²) in [6.45, 7) is 2.37. The van der Waals surface area contributed by atoms with Crippen LogP contribution in [-0.2, 0) is 0 Å². The molecule has 23 heavy (non-hydrogen) atoms. The monoisotopic (exact) mass is 311 g/mol. The van der Waals surface area contributed by atoms with Crippen molar-refractivity contribution in [2.75, 3.05) is 6.61 Å². The fourth-order valence-corrected chi connectivity index (χ4v) is 1.86. The lowest BCUT2D eigenvalue weighted by Gasteiger charge is -2.06. The molecular weight excluding hydrogens is 297 g/mol. The molecule has 0 unspecified atom stereocenters. The van der Waals surface area contributed by atoms with Gasteiger partial charge in [0.15, 0.2) is 0 Å². The second-order valence-corrected chi connectivity index (χ2v) is 4.48. The normalized spacial score (nSPS) is 10.3. The van der Waals surface area contributed by atoms with Crippen molar-refractivity contribution in [2.24, 2.45) is 5.10 Å². The van der Waals surface area contributed by atoms with Gasteiger partial charge in [0.25, 0.3) is 5.91 Å². The minimum absolute atomic E-state index is 0.146. The smallest absolute Gasteiger partial charge is 0.274 e. The first-order valence-electron chi connectivity index (χ1n) is 6.90. The van der Waals surface area contributed by atoms with Crippen LogP contribution in [-0.4, -0.2) is 18.7 Å². The van der Waals surface area contributed by atoms with Crippen molar-refractivity contribution < 1.29 is 13.9 Å². The lowest BCUT2D eigenvalue weighted by atomic mass is 10.1. The number of nitriles is 1. The average Bonchev–Trinajstić information content (AvgIpc) is 2.56. The topological polar surface area (TPSA) is 74.5 Å². The lowest BCUT2D eigenvalue weighted by Crippen LogP contribution is -2.19. The molecule has 6 heteroatoms. The minimum Gasteiger partial charge on any atom is -0.493 e. The number of ether oxygens (including phenoxy) is 1. The van der Waals surface area contributed by atoms with Crippen LogP contribution in [0, 0.1) is 17.1 Å². The Labute approximate surface area is 133 Å². The zero-order chi connectivity index (χ0) is 16.7. The van der Waals surface area contributed by atoms with Gasteiger partial charge in [-0.1, -0.05) is 12.1 Å². The average molecular weight is 311 g/mol. The van der Waals surface area contributed by atoms with Gasteiger partial charge in [0.1, 0.15) is 11.6 Å². The number of nitrogens with zero attached hydrogens (tertiary/aromatic N) is 2. The molecular formula is C17H14FN3O2. The Kier molecular flexibility index (Phi) is 5.42. The standard InChI is InChI=1S/C17H14FN3O2/c1-2-23-16-6-4-3-5-13(16)11-20-21-17(22)14-8-7-12(10-19)9-15(14)18/h3-9,11H,2H2,1H3,(H,21,22)/b20-11-. The summed E-state index contributed by atoms with van der Waals surface area (Å²) in [5.74, 6) is -0.832. The maximum atomic E-state index is 13.7. The van der Waals surface area contributed by atoms with Crippen LogP contribution in [0.15, 0.2) is 47.6 Å². The summed E-state index contributed by atoms with van der Waals surface area (Å²) in [7, 11) is 0. The maximum Gasteiger partial charge on any atom is 0.274 e. The van der Waals surface area contributed by atoms with Gasteiger partial charge in [-0.15, -0.1) is 0 Å². The van der Waals surface area contributed by atoms with Gasteiger partial charge in [-0.2, -0.15) is 10.4 Å². The summed E-state index contributed by atoms with van der Waals surface area (Å²) in [4.78, 5) is 11.9. The van der Waals surface area contributed by atoms with Crippen molar-refractivity contribution in [1.29, 1.82) is 5.26 Å². The first kappa shape index (κ1) is 16.2. The number of carbonyl (C=O) groups is 1. The highest BCUT2D eigenvalue weighted by molar-refractivity contribution is 5.95. The number of nitrogens with one attached hydrogen (secondary N) is 1. The number of rotatable bonds is 5. The predicted molar refractivity (Wildman–Crippen MR) is 83.8 cm³/mol. The third-order valence-electron chi connectivity index (χ3n) is 2.93. The Balaban J connectivity index is 2.09. The Morgan fingerprint density at radius 2 is 2.17 bits per heavy atom. The van der Waals surface area contributed by atoms with Crippen LogP contribution in [0.1, 0.15) is 28.4 Å². The summed E-state index contributed by atoms with van der Waals surface area (Å²) in [6, 6.07) is 12.6. The first-order chi connectivity index (χ1) is 11.2. The van der Waals surface area contributed by atoms with Gasteiger partial charge in [-0.25, -0.2) is 9.82 Å².